The predicted molar refractivity (Wildman–Crippen MR) is 98.1 cm³/mol. The molecule has 0 aliphatic rings. The molecule has 0 aromatic heterocycles. The highest BCUT2D eigenvalue weighted by molar-refractivity contribution is 5.92. The van der Waals surface area contributed by atoms with Gasteiger partial charge in [0.25, 0.3) is 0 Å². The van der Waals surface area contributed by atoms with Gasteiger partial charge in [0.15, 0.2) is 5.96 Å². The van der Waals surface area contributed by atoms with Crippen molar-refractivity contribution in [1.82, 2.24) is 10.6 Å². The van der Waals surface area contributed by atoms with Gasteiger partial charge < -0.3 is 16.4 Å². The molecule has 0 heterocycles. The molecule has 0 bridgehead atoms. The van der Waals surface area contributed by atoms with Crippen LogP contribution in [0.15, 0.2) is 53.5 Å². The topological polar surface area (TPSA) is 79.5 Å². The number of primary amides is 1. The third kappa shape index (κ3) is 6.32. The van der Waals surface area contributed by atoms with Crippen LogP contribution in [0.5, 0.6) is 0 Å². The zero-order chi connectivity index (χ0) is 19.9. The maximum absolute atomic E-state index is 12.8. The summed E-state index contributed by atoms with van der Waals surface area (Å²) in [4.78, 5) is 15.6. The third-order valence-electron chi connectivity index (χ3n) is 3.69. The minimum atomic E-state index is -4.38. The normalized spacial score (nSPS) is 11.9. The largest absolute Gasteiger partial charge is 0.416 e. The molecule has 4 N–H and O–H groups in total. The van der Waals surface area contributed by atoms with Gasteiger partial charge in [0, 0.05) is 18.7 Å². The summed E-state index contributed by atoms with van der Waals surface area (Å²) in [7, 11) is 0. The second-order valence-corrected chi connectivity index (χ2v) is 5.81. The molecule has 0 saturated carbocycles. The van der Waals surface area contributed by atoms with Crippen LogP contribution in [-0.4, -0.2) is 18.4 Å². The number of guanidine groups is 1. The van der Waals surface area contributed by atoms with Gasteiger partial charge in [-0.1, -0.05) is 24.3 Å². The van der Waals surface area contributed by atoms with Crippen LogP contribution in [0.1, 0.15) is 34.0 Å². The number of nitrogens with one attached hydrogen (secondary N) is 2. The average Bonchev–Trinajstić information content (AvgIpc) is 2.64. The molecule has 0 radical (unpaired) electrons. The number of benzene rings is 2. The molecule has 5 nitrogen and oxygen atoms in total. The fourth-order valence-electron chi connectivity index (χ4n) is 2.38. The Balaban J connectivity index is 2.06. The predicted octanol–water partition coefficient (Wildman–Crippen LogP) is 3.06. The van der Waals surface area contributed by atoms with Crippen LogP contribution in [0.4, 0.5) is 13.2 Å². The number of nitrogens with zero attached hydrogens (tertiary/aromatic N) is 1. The Labute approximate surface area is 155 Å². The van der Waals surface area contributed by atoms with Crippen molar-refractivity contribution in [3.05, 3.63) is 70.8 Å². The van der Waals surface area contributed by atoms with Gasteiger partial charge in [0.1, 0.15) is 0 Å². The summed E-state index contributed by atoms with van der Waals surface area (Å²) in [6.45, 7) is 2.96. The molecule has 0 aliphatic heterocycles. The molecule has 1 amide bonds. The summed E-state index contributed by atoms with van der Waals surface area (Å²) in [6.07, 6.45) is -4.38. The summed E-state index contributed by atoms with van der Waals surface area (Å²) in [5.41, 5.74) is 6.26. The van der Waals surface area contributed by atoms with Gasteiger partial charge in [-0.05, 0) is 42.3 Å². The van der Waals surface area contributed by atoms with E-state index < -0.39 is 17.6 Å². The van der Waals surface area contributed by atoms with Crippen molar-refractivity contribution in [2.24, 2.45) is 10.7 Å². The molecule has 0 atom stereocenters. The fraction of sp³-hybridized carbons (Fsp3) is 0.263. The summed E-state index contributed by atoms with van der Waals surface area (Å²) in [5.74, 6) is -0.0543. The summed E-state index contributed by atoms with van der Waals surface area (Å²) in [5, 5.41) is 6.11. The number of aliphatic imine (C=N–C) groups is 1. The Morgan fingerprint density at radius 1 is 1.07 bits per heavy atom. The number of carbonyl (C=O) groups is 1. The fourth-order valence-corrected chi connectivity index (χ4v) is 2.38. The lowest BCUT2D eigenvalue weighted by Gasteiger charge is -2.12. The van der Waals surface area contributed by atoms with Crippen LogP contribution in [0, 0.1) is 0 Å². The first-order chi connectivity index (χ1) is 12.8. The number of amides is 1. The number of halogens is 3. The van der Waals surface area contributed by atoms with Gasteiger partial charge in [-0.3, -0.25) is 4.79 Å². The molecule has 0 fully saturated rings. The van der Waals surface area contributed by atoms with Gasteiger partial charge >= 0.3 is 6.18 Å². The van der Waals surface area contributed by atoms with E-state index in [1.54, 1.807) is 24.3 Å². The van der Waals surface area contributed by atoms with E-state index in [-0.39, 0.29) is 6.54 Å². The maximum Gasteiger partial charge on any atom is 0.416 e. The molecule has 2 rings (SSSR count). The molecule has 0 unspecified atom stereocenters. The minimum Gasteiger partial charge on any atom is -0.366 e. The van der Waals surface area contributed by atoms with Gasteiger partial charge in [-0.25, -0.2) is 4.99 Å². The minimum absolute atomic E-state index is 0.0978. The van der Waals surface area contributed by atoms with Gasteiger partial charge in [0.2, 0.25) is 5.91 Å². The van der Waals surface area contributed by atoms with E-state index in [2.05, 4.69) is 15.6 Å². The standard InChI is InChI=1S/C19H21F3N4O/c1-2-24-18(25-11-13-5-3-7-15(9-13)17(23)27)26-12-14-6-4-8-16(10-14)19(20,21)22/h3-10H,2,11-12H2,1H3,(H2,23,27)(H2,24,25,26). The Morgan fingerprint density at radius 2 is 1.78 bits per heavy atom. The van der Waals surface area contributed by atoms with Gasteiger partial charge in [-0.2, -0.15) is 13.2 Å². The number of hydrogen-bond donors (Lipinski definition) is 3. The lowest BCUT2D eigenvalue weighted by atomic mass is 10.1. The Morgan fingerprint density at radius 3 is 2.44 bits per heavy atom. The monoisotopic (exact) mass is 378 g/mol. The maximum atomic E-state index is 12.8. The lowest BCUT2D eigenvalue weighted by Crippen LogP contribution is -2.36. The molecule has 2 aromatic rings. The summed E-state index contributed by atoms with van der Waals surface area (Å²) >= 11 is 0. The molecular weight excluding hydrogens is 357 g/mol. The van der Waals surface area contributed by atoms with E-state index in [4.69, 9.17) is 5.73 Å². The zero-order valence-electron chi connectivity index (χ0n) is 14.8. The van der Waals surface area contributed by atoms with Crippen molar-refractivity contribution < 1.29 is 18.0 Å². The van der Waals surface area contributed by atoms with Crippen LogP contribution in [-0.2, 0) is 19.3 Å². The molecule has 144 valence electrons. The van der Waals surface area contributed by atoms with Crippen molar-refractivity contribution in [3.8, 4) is 0 Å². The van der Waals surface area contributed by atoms with Crippen molar-refractivity contribution in [2.75, 3.05) is 6.54 Å². The van der Waals surface area contributed by atoms with E-state index >= 15 is 0 Å². The first-order valence-corrected chi connectivity index (χ1v) is 8.36. The van der Waals surface area contributed by atoms with E-state index in [1.165, 1.54) is 6.07 Å². The van der Waals surface area contributed by atoms with Crippen LogP contribution in [0.2, 0.25) is 0 Å². The van der Waals surface area contributed by atoms with E-state index in [0.29, 0.717) is 30.2 Å². The van der Waals surface area contributed by atoms with Crippen LogP contribution >= 0.6 is 0 Å². The van der Waals surface area contributed by atoms with Crippen LogP contribution in [0.25, 0.3) is 0 Å². The number of carbonyl (C=O) groups excluding carboxylic acids is 1. The number of hydrogen-bond acceptors (Lipinski definition) is 2. The molecule has 0 spiro atoms. The lowest BCUT2D eigenvalue weighted by molar-refractivity contribution is -0.137. The van der Waals surface area contributed by atoms with Crippen molar-refractivity contribution in [2.45, 2.75) is 26.2 Å². The van der Waals surface area contributed by atoms with E-state index in [1.807, 2.05) is 13.0 Å². The Kier molecular flexibility index (Phi) is 6.81. The Bertz CT molecular complexity index is 819. The Hall–Kier alpha value is -3.03. The first kappa shape index (κ1) is 20.3. The SMILES string of the molecule is CCNC(=NCc1cccc(C(F)(F)F)c1)NCc1cccc(C(N)=O)c1. The van der Waals surface area contributed by atoms with Gasteiger partial charge in [-0.15, -0.1) is 0 Å². The first-order valence-electron chi connectivity index (χ1n) is 8.36. The quantitative estimate of drug-likeness (QED) is 0.534. The highest BCUT2D eigenvalue weighted by Crippen LogP contribution is 2.29. The van der Waals surface area contributed by atoms with Crippen LogP contribution in [0.3, 0.4) is 0 Å². The number of rotatable bonds is 6. The number of alkyl halides is 3. The average molecular weight is 378 g/mol. The second-order valence-electron chi connectivity index (χ2n) is 5.81. The molecule has 2 aromatic carbocycles. The molecule has 0 aliphatic carbocycles. The van der Waals surface area contributed by atoms with E-state index in [9.17, 15) is 18.0 Å². The zero-order valence-corrected chi connectivity index (χ0v) is 14.8. The summed E-state index contributed by atoms with van der Waals surface area (Å²) < 4.78 is 38.4. The molecule has 27 heavy (non-hydrogen) atoms. The smallest absolute Gasteiger partial charge is 0.366 e. The second kappa shape index (κ2) is 9.07. The molecule has 8 heteroatoms. The van der Waals surface area contributed by atoms with Crippen LogP contribution < -0.4 is 16.4 Å². The van der Waals surface area contributed by atoms with Gasteiger partial charge in [0.05, 0.1) is 12.1 Å². The van der Waals surface area contributed by atoms with E-state index in [0.717, 1.165) is 17.7 Å². The third-order valence-corrected chi connectivity index (χ3v) is 3.69. The van der Waals surface area contributed by atoms with Crippen molar-refractivity contribution in [3.63, 3.8) is 0 Å². The highest BCUT2D eigenvalue weighted by Gasteiger charge is 2.30. The van der Waals surface area contributed by atoms with Crippen molar-refractivity contribution >= 4 is 11.9 Å². The molecule has 0 saturated heterocycles. The molecular formula is C19H21F3N4O. The van der Waals surface area contributed by atoms with Crippen molar-refractivity contribution in [1.29, 1.82) is 0 Å². The number of nitrogens with two attached hydrogens (primary N) is 1. The highest BCUT2D eigenvalue weighted by atomic mass is 19.4. The summed E-state index contributed by atoms with van der Waals surface area (Å²) in [6, 6.07) is 11.9.